The Morgan fingerprint density at radius 2 is 1.80 bits per heavy atom. The molecule has 2 aromatic carbocycles. The lowest BCUT2D eigenvalue weighted by molar-refractivity contribution is 0.0692. The highest BCUT2D eigenvalue weighted by Crippen LogP contribution is 2.37. The van der Waals surface area contributed by atoms with Gasteiger partial charge in [-0.25, -0.2) is 14.8 Å². The van der Waals surface area contributed by atoms with E-state index in [-0.39, 0.29) is 11.3 Å². The number of aromatic carboxylic acids is 1. The second kappa shape index (κ2) is 8.47. The number of thioether (sulfide) groups is 1. The predicted octanol–water partition coefficient (Wildman–Crippen LogP) is 6.16. The summed E-state index contributed by atoms with van der Waals surface area (Å²) in [4.78, 5) is 26.0. The molecule has 0 aliphatic carbocycles. The number of hydrogen-bond acceptors (Lipinski definition) is 6. The summed E-state index contributed by atoms with van der Waals surface area (Å²) in [6.45, 7) is 0. The highest BCUT2D eigenvalue weighted by atomic mass is 35.5. The van der Waals surface area contributed by atoms with Crippen molar-refractivity contribution in [3.63, 3.8) is 0 Å². The zero-order valence-electron chi connectivity index (χ0n) is 15.6. The van der Waals surface area contributed by atoms with Crippen LogP contribution in [0.5, 0.6) is 0 Å². The lowest BCUT2D eigenvalue weighted by Gasteiger charge is -2.12. The van der Waals surface area contributed by atoms with Gasteiger partial charge in [0, 0.05) is 43.3 Å². The molecule has 0 unspecified atom stereocenters. The van der Waals surface area contributed by atoms with Gasteiger partial charge in [-0.1, -0.05) is 35.3 Å². The first-order valence-corrected chi connectivity index (χ1v) is 10.7. The normalized spacial score (nSPS) is 10.9. The van der Waals surface area contributed by atoms with Gasteiger partial charge in [0.15, 0.2) is 11.3 Å². The molecule has 0 saturated carbocycles. The number of carboxylic acid groups (broad SMARTS) is 1. The highest BCUT2D eigenvalue weighted by Gasteiger charge is 2.20. The third-order valence-electron chi connectivity index (χ3n) is 4.33. The maximum absolute atomic E-state index is 11.9. The SMILES string of the molecule is CSc1cccc(Nc2ncc3cc(-c4c(Cl)cccc4Cl)c(C(=O)O)nc3n2)c1. The van der Waals surface area contributed by atoms with Gasteiger partial charge in [-0.15, -0.1) is 11.8 Å². The van der Waals surface area contributed by atoms with E-state index in [0.717, 1.165) is 10.6 Å². The highest BCUT2D eigenvalue weighted by molar-refractivity contribution is 7.98. The number of nitrogens with zero attached hydrogens (tertiary/aromatic N) is 3. The number of carbonyl (C=O) groups is 1. The predicted molar refractivity (Wildman–Crippen MR) is 121 cm³/mol. The molecule has 0 fully saturated rings. The van der Waals surface area contributed by atoms with Crippen molar-refractivity contribution in [1.29, 1.82) is 0 Å². The lowest BCUT2D eigenvalue weighted by atomic mass is 10.0. The number of aromatic nitrogens is 3. The second-order valence-corrected chi connectivity index (χ2v) is 7.94. The lowest BCUT2D eigenvalue weighted by Crippen LogP contribution is -2.06. The Labute approximate surface area is 186 Å². The molecule has 4 aromatic rings. The van der Waals surface area contributed by atoms with Crippen molar-refractivity contribution in [2.24, 2.45) is 0 Å². The summed E-state index contributed by atoms with van der Waals surface area (Å²) in [5.41, 5.74) is 1.59. The minimum Gasteiger partial charge on any atom is -0.476 e. The number of fused-ring (bicyclic) bond motifs is 1. The fourth-order valence-electron chi connectivity index (χ4n) is 2.96. The van der Waals surface area contributed by atoms with Crippen LogP contribution >= 0.6 is 35.0 Å². The average molecular weight is 457 g/mol. The average Bonchev–Trinajstić information content (AvgIpc) is 2.73. The standard InChI is InChI=1S/C21H14Cl2N4O2S/c1-30-13-5-2-4-12(9-13)25-21-24-10-11-8-14(17-15(22)6-3-7-16(17)23)18(20(28)29)26-19(11)27-21/h2-10H,1H3,(H,28,29)(H,24,25,26,27). The fourth-order valence-corrected chi connectivity index (χ4v) is 4.02. The third-order valence-corrected chi connectivity index (χ3v) is 5.68. The summed E-state index contributed by atoms with van der Waals surface area (Å²) >= 11 is 14.2. The van der Waals surface area contributed by atoms with Crippen LogP contribution in [-0.4, -0.2) is 32.3 Å². The maximum Gasteiger partial charge on any atom is 0.355 e. The number of rotatable bonds is 5. The number of hydrogen-bond donors (Lipinski definition) is 2. The van der Waals surface area contributed by atoms with Gasteiger partial charge in [-0.2, -0.15) is 4.98 Å². The van der Waals surface area contributed by atoms with Crippen LogP contribution in [0.4, 0.5) is 11.6 Å². The number of nitrogens with one attached hydrogen (secondary N) is 1. The molecule has 2 N–H and O–H groups in total. The Morgan fingerprint density at radius 1 is 1.07 bits per heavy atom. The van der Waals surface area contributed by atoms with E-state index in [2.05, 4.69) is 20.3 Å². The number of anilines is 2. The van der Waals surface area contributed by atoms with E-state index < -0.39 is 5.97 Å². The van der Waals surface area contributed by atoms with Crippen LogP contribution < -0.4 is 5.32 Å². The second-order valence-electron chi connectivity index (χ2n) is 6.25. The van der Waals surface area contributed by atoms with Crippen LogP contribution in [-0.2, 0) is 0 Å². The summed E-state index contributed by atoms with van der Waals surface area (Å²) in [5, 5.41) is 14.1. The topological polar surface area (TPSA) is 88.0 Å². The molecule has 9 heteroatoms. The molecule has 0 atom stereocenters. The van der Waals surface area contributed by atoms with E-state index >= 15 is 0 Å². The molecule has 0 aliphatic rings. The minimum absolute atomic E-state index is 0.188. The molecule has 0 radical (unpaired) electrons. The first kappa shape index (κ1) is 20.4. The van der Waals surface area contributed by atoms with Gasteiger partial charge in [0.25, 0.3) is 0 Å². The molecule has 4 rings (SSSR count). The minimum atomic E-state index is -1.20. The number of carboxylic acids is 1. The molecule has 0 amide bonds. The Morgan fingerprint density at radius 3 is 2.50 bits per heavy atom. The van der Waals surface area contributed by atoms with E-state index in [9.17, 15) is 9.90 Å². The smallest absolute Gasteiger partial charge is 0.355 e. The van der Waals surface area contributed by atoms with Gasteiger partial charge in [0.05, 0.1) is 0 Å². The van der Waals surface area contributed by atoms with Crippen LogP contribution in [0.25, 0.3) is 22.2 Å². The first-order valence-electron chi connectivity index (χ1n) is 8.73. The van der Waals surface area contributed by atoms with Crippen molar-refractivity contribution in [3.05, 3.63) is 70.5 Å². The molecular weight excluding hydrogens is 443 g/mol. The van der Waals surface area contributed by atoms with Crippen molar-refractivity contribution in [1.82, 2.24) is 15.0 Å². The molecule has 0 saturated heterocycles. The Balaban J connectivity index is 1.81. The van der Waals surface area contributed by atoms with Crippen LogP contribution in [0, 0.1) is 0 Å². The monoisotopic (exact) mass is 456 g/mol. The van der Waals surface area contributed by atoms with E-state index in [1.54, 1.807) is 42.2 Å². The van der Waals surface area contributed by atoms with E-state index in [4.69, 9.17) is 23.2 Å². The first-order chi connectivity index (χ1) is 14.5. The maximum atomic E-state index is 11.9. The van der Waals surface area contributed by atoms with Crippen molar-refractivity contribution in [3.8, 4) is 11.1 Å². The van der Waals surface area contributed by atoms with Crippen LogP contribution in [0.2, 0.25) is 10.0 Å². The fraction of sp³-hybridized carbons (Fsp3) is 0.0476. The van der Waals surface area contributed by atoms with E-state index in [0.29, 0.717) is 32.5 Å². The number of halogens is 2. The molecule has 30 heavy (non-hydrogen) atoms. The summed E-state index contributed by atoms with van der Waals surface area (Å²) in [7, 11) is 0. The van der Waals surface area contributed by atoms with Crippen LogP contribution in [0.15, 0.2) is 59.6 Å². The van der Waals surface area contributed by atoms with Gasteiger partial charge < -0.3 is 10.4 Å². The van der Waals surface area contributed by atoms with Crippen molar-refractivity contribution in [2.75, 3.05) is 11.6 Å². The largest absolute Gasteiger partial charge is 0.476 e. The number of pyridine rings is 1. The molecule has 0 bridgehead atoms. The Hall–Kier alpha value is -2.87. The van der Waals surface area contributed by atoms with E-state index in [1.165, 1.54) is 0 Å². The van der Waals surface area contributed by atoms with Gasteiger partial charge >= 0.3 is 5.97 Å². The molecule has 150 valence electrons. The molecular formula is C21H14Cl2N4O2S. The van der Waals surface area contributed by atoms with E-state index in [1.807, 2.05) is 30.5 Å². The summed E-state index contributed by atoms with van der Waals surface area (Å²) in [6, 6.07) is 14.4. The Kier molecular flexibility index (Phi) is 5.76. The third kappa shape index (κ3) is 4.05. The molecule has 0 aliphatic heterocycles. The van der Waals surface area contributed by atoms with Gasteiger partial charge in [0.1, 0.15) is 0 Å². The van der Waals surface area contributed by atoms with Gasteiger partial charge in [-0.05, 0) is 42.7 Å². The van der Waals surface area contributed by atoms with Crippen molar-refractivity contribution >= 4 is 63.6 Å². The number of benzene rings is 2. The van der Waals surface area contributed by atoms with Crippen molar-refractivity contribution < 1.29 is 9.90 Å². The molecule has 2 aromatic heterocycles. The van der Waals surface area contributed by atoms with Gasteiger partial charge in [-0.3, -0.25) is 0 Å². The molecule has 6 nitrogen and oxygen atoms in total. The van der Waals surface area contributed by atoms with Crippen LogP contribution in [0.1, 0.15) is 10.5 Å². The van der Waals surface area contributed by atoms with Gasteiger partial charge in [0.2, 0.25) is 5.95 Å². The summed E-state index contributed by atoms with van der Waals surface area (Å²) in [6.07, 6.45) is 3.57. The Bertz CT molecular complexity index is 1260. The molecule has 2 heterocycles. The molecule has 0 spiro atoms. The summed E-state index contributed by atoms with van der Waals surface area (Å²) in [5.74, 6) is -0.892. The quantitative estimate of drug-likeness (QED) is 0.347. The van der Waals surface area contributed by atoms with Crippen LogP contribution in [0.3, 0.4) is 0 Å². The zero-order chi connectivity index (χ0) is 21.3. The zero-order valence-corrected chi connectivity index (χ0v) is 17.9. The van der Waals surface area contributed by atoms with Crippen molar-refractivity contribution in [2.45, 2.75) is 4.90 Å². The summed E-state index contributed by atoms with van der Waals surface area (Å²) < 4.78 is 0.